The first kappa shape index (κ1) is 31.0. The molecule has 4 heteroatoms. The largest absolute Gasteiger partial charge is 0.346 e. The molecule has 10 rings (SSSR count). The first-order chi connectivity index (χ1) is 26.2. The number of pyridine rings is 1. The van der Waals surface area contributed by atoms with Gasteiger partial charge in [0.1, 0.15) is 11.7 Å². The number of anilines is 3. The van der Waals surface area contributed by atoms with Crippen LogP contribution in [0, 0.1) is 0 Å². The molecule has 4 nitrogen and oxygen atoms in total. The lowest BCUT2D eigenvalue weighted by molar-refractivity contribution is 0.732. The van der Waals surface area contributed by atoms with Crippen molar-refractivity contribution >= 4 is 17.1 Å². The van der Waals surface area contributed by atoms with E-state index in [9.17, 15) is 0 Å². The fourth-order valence-corrected chi connectivity index (χ4v) is 8.61. The lowest BCUT2D eigenvalue weighted by Gasteiger charge is -2.45. The summed E-state index contributed by atoms with van der Waals surface area (Å²) in [4.78, 5) is 11.1. The Hall–Kier alpha value is -6.75. The van der Waals surface area contributed by atoms with E-state index < -0.39 is 11.6 Å². The van der Waals surface area contributed by atoms with Crippen molar-refractivity contribution in [2.75, 3.05) is 4.90 Å². The van der Waals surface area contributed by atoms with Crippen LogP contribution in [0.4, 0.5) is 17.1 Å². The van der Waals surface area contributed by atoms with Crippen molar-refractivity contribution in [3.05, 3.63) is 228 Å². The third-order valence-corrected chi connectivity index (χ3v) is 10.9. The zero-order chi connectivity index (χ0) is 35.4. The molecule has 7 aromatic carbocycles. The van der Waals surface area contributed by atoms with Gasteiger partial charge in [-0.2, -0.15) is 0 Å². The van der Waals surface area contributed by atoms with Crippen molar-refractivity contribution in [2.24, 2.45) is 10.7 Å². The molecule has 1 aliphatic heterocycles. The average Bonchev–Trinajstić information content (AvgIpc) is 3.52. The molecule has 1 spiro atoms. The topological polar surface area (TPSA) is 57.4 Å². The van der Waals surface area contributed by atoms with E-state index in [2.05, 4.69) is 186 Å². The van der Waals surface area contributed by atoms with Crippen molar-refractivity contribution < 1.29 is 0 Å². The highest BCUT2D eigenvalue weighted by Gasteiger charge is 2.51. The number of hydrogen-bond donors (Lipinski definition) is 2. The average molecular weight is 681 g/mol. The monoisotopic (exact) mass is 680 g/mol. The second-order valence-corrected chi connectivity index (χ2v) is 13.8. The van der Waals surface area contributed by atoms with E-state index in [-0.39, 0.29) is 0 Å². The van der Waals surface area contributed by atoms with E-state index >= 15 is 0 Å². The minimum Gasteiger partial charge on any atom is -0.346 e. The molecule has 1 atom stereocenters. The predicted molar refractivity (Wildman–Crippen MR) is 216 cm³/mol. The molecular formula is C49H36N4. The van der Waals surface area contributed by atoms with Gasteiger partial charge in [-0.15, -0.1) is 0 Å². The van der Waals surface area contributed by atoms with Crippen LogP contribution in [0.5, 0.6) is 0 Å². The van der Waals surface area contributed by atoms with E-state index in [1.807, 2.05) is 18.3 Å². The normalized spacial score (nSPS) is 14.3. The molecule has 0 saturated carbocycles. The van der Waals surface area contributed by atoms with Crippen molar-refractivity contribution in [1.82, 2.24) is 4.98 Å². The van der Waals surface area contributed by atoms with Crippen molar-refractivity contribution in [1.29, 1.82) is 0 Å². The van der Waals surface area contributed by atoms with Gasteiger partial charge in [0.2, 0.25) is 0 Å². The zero-order valence-electron chi connectivity index (χ0n) is 29.0. The van der Waals surface area contributed by atoms with Gasteiger partial charge in [-0.25, -0.2) is 4.99 Å². The molecule has 0 radical (unpaired) electrons. The number of nitrogens with two attached hydrogens (primary N) is 1. The van der Waals surface area contributed by atoms with Gasteiger partial charge >= 0.3 is 0 Å². The smallest absolute Gasteiger partial charge is 0.135 e. The number of hydrogen-bond acceptors (Lipinski definition) is 3. The fourth-order valence-electron chi connectivity index (χ4n) is 8.61. The minimum absolute atomic E-state index is 0.508. The van der Waals surface area contributed by atoms with Gasteiger partial charge < -0.3 is 15.6 Å². The molecule has 2 heterocycles. The summed E-state index contributed by atoms with van der Waals surface area (Å²) in [6.07, 6.45) is 1.43. The van der Waals surface area contributed by atoms with Crippen LogP contribution in [-0.4, -0.2) is 4.98 Å². The molecule has 2 aliphatic rings. The van der Waals surface area contributed by atoms with E-state index in [1.165, 1.54) is 44.8 Å². The van der Waals surface area contributed by atoms with E-state index in [1.54, 1.807) is 0 Å². The highest BCUT2D eigenvalue weighted by atomic mass is 15.2. The lowest BCUT2D eigenvalue weighted by Crippen LogP contribution is -2.36. The lowest BCUT2D eigenvalue weighted by atomic mass is 9.64. The predicted octanol–water partition coefficient (Wildman–Crippen LogP) is 11.1. The Kier molecular flexibility index (Phi) is 7.31. The van der Waals surface area contributed by atoms with Crippen LogP contribution in [0.25, 0.3) is 33.4 Å². The van der Waals surface area contributed by atoms with Gasteiger partial charge in [-0.3, -0.25) is 0 Å². The van der Waals surface area contributed by atoms with E-state index in [0.29, 0.717) is 0 Å². The Bertz CT molecular complexity index is 2650. The number of H-pyrrole nitrogens is 1. The Balaban J connectivity index is 1.15. The first-order valence-corrected chi connectivity index (χ1v) is 18.1. The highest BCUT2D eigenvalue weighted by Crippen LogP contribution is 2.63. The van der Waals surface area contributed by atoms with Gasteiger partial charge in [-0.05, 0) is 92.0 Å². The summed E-state index contributed by atoms with van der Waals surface area (Å²) in [7, 11) is 0. The molecule has 8 aromatic rings. The molecule has 0 bridgehead atoms. The third kappa shape index (κ3) is 4.84. The summed E-state index contributed by atoms with van der Waals surface area (Å²) < 4.78 is 0. The summed E-state index contributed by atoms with van der Waals surface area (Å²) in [6.45, 7) is 0. The Morgan fingerprint density at radius 3 is 1.70 bits per heavy atom. The van der Waals surface area contributed by atoms with Crippen LogP contribution in [-0.2, 0) is 5.41 Å². The molecular weight excluding hydrogens is 645 g/mol. The molecule has 0 saturated heterocycles. The summed E-state index contributed by atoms with van der Waals surface area (Å²) in [5.74, 6) is 0. The van der Waals surface area contributed by atoms with Crippen molar-refractivity contribution in [2.45, 2.75) is 11.6 Å². The van der Waals surface area contributed by atoms with Gasteiger partial charge in [0.25, 0.3) is 0 Å². The number of benzene rings is 7. The SMILES string of the molecule is NC(/N=c1\[nH]cc(-c2ccccc2)cc1-c1ccccc1)c1ccc2c(c1)-c1ccccc1C21c2ccccc2N(c2ccccc2)c2ccccc21. The van der Waals surface area contributed by atoms with Crippen LogP contribution in [0.1, 0.15) is 34.0 Å². The molecule has 0 fully saturated rings. The minimum atomic E-state index is -0.593. The zero-order valence-corrected chi connectivity index (χ0v) is 29.0. The number of aromatic nitrogens is 1. The van der Waals surface area contributed by atoms with Gasteiger partial charge in [0.05, 0.1) is 16.8 Å². The van der Waals surface area contributed by atoms with E-state index in [0.717, 1.165) is 39.0 Å². The number of fused-ring (bicyclic) bond motifs is 9. The molecule has 3 N–H and O–H groups in total. The maximum Gasteiger partial charge on any atom is 0.135 e. The summed E-state index contributed by atoms with van der Waals surface area (Å²) in [6, 6.07) is 67.1. The molecule has 1 aliphatic carbocycles. The molecule has 1 unspecified atom stereocenters. The maximum atomic E-state index is 7.05. The van der Waals surface area contributed by atoms with Gasteiger partial charge in [0.15, 0.2) is 0 Å². The number of nitrogens with one attached hydrogen (secondary N) is 1. The molecule has 0 amide bonds. The Morgan fingerprint density at radius 1 is 0.472 bits per heavy atom. The van der Waals surface area contributed by atoms with Crippen LogP contribution in [0.15, 0.2) is 199 Å². The second-order valence-electron chi connectivity index (χ2n) is 13.8. The quantitative estimate of drug-likeness (QED) is 0.190. The maximum absolute atomic E-state index is 7.05. The van der Waals surface area contributed by atoms with Gasteiger partial charge in [-0.1, -0.05) is 152 Å². The second kappa shape index (κ2) is 12.5. The fraction of sp³-hybridized carbons (Fsp3) is 0.0408. The van der Waals surface area contributed by atoms with Crippen molar-refractivity contribution in [3.63, 3.8) is 0 Å². The van der Waals surface area contributed by atoms with Crippen LogP contribution in [0.2, 0.25) is 0 Å². The third-order valence-electron chi connectivity index (χ3n) is 10.9. The van der Waals surface area contributed by atoms with Crippen molar-refractivity contribution in [3.8, 4) is 33.4 Å². The van der Waals surface area contributed by atoms with Crippen LogP contribution < -0.4 is 16.1 Å². The molecule has 252 valence electrons. The highest BCUT2D eigenvalue weighted by molar-refractivity contribution is 5.95. The first-order valence-electron chi connectivity index (χ1n) is 18.1. The standard InChI is InChI=1S/C49H36N4/c50-47(52-48-39(34-18-6-2-7-19-34)31-36(32-51-48)33-16-4-1-5-17-33)35-28-29-42-40(30-35)38-22-10-11-23-41(38)49(42)43-24-12-14-26-45(43)53(37-20-8-3-9-21-37)46-27-15-13-25-44(46)49/h1-32,47H,50H2,(H,51,52). The van der Waals surface area contributed by atoms with Gasteiger partial charge in [0, 0.05) is 17.4 Å². The molecule has 1 aromatic heterocycles. The summed E-state index contributed by atoms with van der Waals surface area (Å²) in [5.41, 5.74) is 23.5. The number of para-hydroxylation sites is 3. The summed E-state index contributed by atoms with van der Waals surface area (Å²) >= 11 is 0. The van der Waals surface area contributed by atoms with Crippen LogP contribution >= 0.6 is 0 Å². The molecule has 53 heavy (non-hydrogen) atoms. The van der Waals surface area contributed by atoms with Crippen LogP contribution in [0.3, 0.4) is 0 Å². The number of nitrogens with zero attached hydrogens (tertiary/aromatic N) is 2. The summed E-state index contributed by atoms with van der Waals surface area (Å²) in [5, 5.41) is 0. The number of rotatable bonds is 5. The Morgan fingerprint density at radius 2 is 1.02 bits per heavy atom. The Labute approximate surface area is 309 Å². The van der Waals surface area contributed by atoms with E-state index in [4.69, 9.17) is 10.7 Å². The number of aromatic amines is 1.